The first-order valence-electron chi connectivity index (χ1n) is 5.56. The molecule has 0 radical (unpaired) electrons. The first-order valence-corrected chi connectivity index (χ1v) is 6.44. The molecule has 18 heavy (non-hydrogen) atoms. The molecule has 0 bridgehead atoms. The van der Waals surface area contributed by atoms with E-state index in [1.54, 1.807) is 11.3 Å². The average molecular weight is 270 g/mol. The van der Waals surface area contributed by atoms with E-state index < -0.39 is 12.1 Å². The first kappa shape index (κ1) is 12.8. The van der Waals surface area contributed by atoms with Gasteiger partial charge in [-0.1, -0.05) is 6.07 Å². The van der Waals surface area contributed by atoms with Crippen LogP contribution in [0.5, 0.6) is 0 Å². The Kier molecular flexibility index (Phi) is 4.16. The van der Waals surface area contributed by atoms with E-state index in [-0.39, 0.29) is 19.2 Å². The molecule has 0 spiro atoms. The Labute approximate surface area is 108 Å². The topological polar surface area (TPSA) is 78.9 Å². The van der Waals surface area contributed by atoms with E-state index in [1.165, 1.54) is 4.90 Å². The van der Waals surface area contributed by atoms with Gasteiger partial charge in [0.1, 0.15) is 0 Å². The van der Waals surface area contributed by atoms with Crippen molar-refractivity contribution >= 4 is 23.3 Å². The molecule has 2 N–H and O–H groups in total. The van der Waals surface area contributed by atoms with Crippen LogP contribution in [0.15, 0.2) is 17.5 Å². The van der Waals surface area contributed by atoms with E-state index in [2.05, 4.69) is 5.32 Å². The Balaban J connectivity index is 1.83. The zero-order chi connectivity index (χ0) is 13.0. The third-order valence-corrected chi connectivity index (χ3v) is 3.50. The van der Waals surface area contributed by atoms with Gasteiger partial charge in [0.2, 0.25) is 0 Å². The number of hydrogen-bond donors (Lipinski definition) is 2. The highest BCUT2D eigenvalue weighted by molar-refractivity contribution is 7.09. The Hall–Kier alpha value is -1.60. The molecule has 0 aliphatic carbocycles. The lowest BCUT2D eigenvalue weighted by atomic mass is 10.3. The van der Waals surface area contributed by atoms with Gasteiger partial charge in [0.05, 0.1) is 19.7 Å². The van der Waals surface area contributed by atoms with Crippen LogP contribution in [0.4, 0.5) is 4.79 Å². The smallest absolute Gasteiger partial charge is 0.334 e. The van der Waals surface area contributed by atoms with Crippen LogP contribution in [0.25, 0.3) is 0 Å². The summed E-state index contributed by atoms with van der Waals surface area (Å²) in [4.78, 5) is 25.1. The molecule has 2 heterocycles. The third-order valence-electron chi connectivity index (χ3n) is 2.62. The maximum absolute atomic E-state index is 11.8. The van der Waals surface area contributed by atoms with Gasteiger partial charge in [0.25, 0.3) is 0 Å². The molecule has 1 atom stereocenters. The van der Waals surface area contributed by atoms with Gasteiger partial charge in [-0.25, -0.2) is 9.59 Å². The zero-order valence-corrected chi connectivity index (χ0v) is 10.5. The standard InChI is InChI=1S/C11H14N2O4S/c14-10(15)9-7-13(3-4-17-9)11(16)12-6-8-2-1-5-18-8/h1-2,5,9H,3-4,6-7H2,(H,12,16)(H,14,15). The molecule has 1 saturated heterocycles. The molecule has 1 aliphatic rings. The molecule has 0 aromatic carbocycles. The largest absolute Gasteiger partial charge is 0.479 e. The number of thiophene rings is 1. The molecule has 6 nitrogen and oxygen atoms in total. The normalized spacial score (nSPS) is 19.6. The number of nitrogens with one attached hydrogen (secondary N) is 1. The van der Waals surface area contributed by atoms with E-state index in [1.807, 2.05) is 17.5 Å². The van der Waals surface area contributed by atoms with Crippen LogP contribution in [0.2, 0.25) is 0 Å². The van der Waals surface area contributed by atoms with Crippen molar-refractivity contribution in [3.63, 3.8) is 0 Å². The molecule has 98 valence electrons. The fourth-order valence-electron chi connectivity index (χ4n) is 1.67. The van der Waals surface area contributed by atoms with Crippen LogP contribution >= 0.6 is 11.3 Å². The van der Waals surface area contributed by atoms with Crippen LogP contribution in [0, 0.1) is 0 Å². The number of morpholine rings is 1. The van der Waals surface area contributed by atoms with E-state index in [9.17, 15) is 9.59 Å². The van der Waals surface area contributed by atoms with Crippen molar-refractivity contribution < 1.29 is 19.4 Å². The first-order chi connectivity index (χ1) is 8.66. The van der Waals surface area contributed by atoms with E-state index in [0.717, 1.165) is 4.88 Å². The predicted octanol–water partition coefficient (Wildman–Crippen LogP) is 0.743. The quantitative estimate of drug-likeness (QED) is 0.849. The lowest BCUT2D eigenvalue weighted by molar-refractivity contribution is -0.154. The fraction of sp³-hybridized carbons (Fsp3) is 0.455. The number of ether oxygens (including phenoxy) is 1. The summed E-state index contributed by atoms with van der Waals surface area (Å²) >= 11 is 1.56. The fourth-order valence-corrected chi connectivity index (χ4v) is 2.32. The number of urea groups is 1. The Morgan fingerprint density at radius 3 is 3.11 bits per heavy atom. The average Bonchev–Trinajstić information content (AvgIpc) is 2.89. The van der Waals surface area contributed by atoms with Gasteiger partial charge in [0.15, 0.2) is 6.10 Å². The van der Waals surface area contributed by atoms with E-state index >= 15 is 0 Å². The van der Waals surface area contributed by atoms with Crippen LogP contribution < -0.4 is 5.32 Å². The number of carboxylic acids is 1. The van der Waals surface area contributed by atoms with Crippen LogP contribution in [-0.4, -0.2) is 47.8 Å². The maximum Gasteiger partial charge on any atom is 0.334 e. The van der Waals surface area contributed by atoms with Crippen LogP contribution in [0.3, 0.4) is 0 Å². The number of carboxylic acid groups (broad SMARTS) is 1. The van der Waals surface area contributed by atoms with E-state index in [4.69, 9.17) is 9.84 Å². The molecular formula is C11H14N2O4S. The summed E-state index contributed by atoms with van der Waals surface area (Å²) in [5.74, 6) is -1.04. The predicted molar refractivity (Wildman–Crippen MR) is 65.5 cm³/mol. The summed E-state index contributed by atoms with van der Waals surface area (Å²) in [5.41, 5.74) is 0. The summed E-state index contributed by atoms with van der Waals surface area (Å²) in [5, 5.41) is 13.5. The van der Waals surface area contributed by atoms with Crippen molar-refractivity contribution in [1.82, 2.24) is 10.2 Å². The second-order valence-electron chi connectivity index (χ2n) is 3.88. The SMILES string of the molecule is O=C(O)C1CN(C(=O)NCc2cccs2)CCO1. The molecule has 1 aliphatic heterocycles. The Bertz CT molecular complexity index is 421. The number of carbonyl (C=O) groups is 2. The summed E-state index contributed by atoms with van der Waals surface area (Å²) in [6.45, 7) is 1.22. The number of aliphatic carboxylic acids is 1. The summed E-state index contributed by atoms with van der Waals surface area (Å²) in [6.07, 6.45) is -0.925. The molecule has 1 aromatic heterocycles. The van der Waals surface area contributed by atoms with Gasteiger partial charge in [-0.3, -0.25) is 0 Å². The monoisotopic (exact) mass is 270 g/mol. The molecule has 2 rings (SSSR count). The molecule has 2 amide bonds. The lowest BCUT2D eigenvalue weighted by Gasteiger charge is -2.30. The highest BCUT2D eigenvalue weighted by Crippen LogP contribution is 2.09. The molecule has 0 saturated carbocycles. The Morgan fingerprint density at radius 2 is 2.44 bits per heavy atom. The molecular weight excluding hydrogens is 256 g/mol. The molecule has 1 aromatic rings. The van der Waals surface area contributed by atoms with Gasteiger partial charge in [-0.15, -0.1) is 11.3 Å². The van der Waals surface area contributed by atoms with Crippen molar-refractivity contribution in [2.24, 2.45) is 0 Å². The number of nitrogens with zero attached hydrogens (tertiary/aromatic N) is 1. The molecule has 7 heteroatoms. The summed E-state index contributed by atoms with van der Waals surface area (Å²) < 4.78 is 5.05. The van der Waals surface area contributed by atoms with Crippen molar-refractivity contribution in [3.05, 3.63) is 22.4 Å². The van der Waals surface area contributed by atoms with Gasteiger partial charge < -0.3 is 20.1 Å². The van der Waals surface area contributed by atoms with Crippen LogP contribution in [0.1, 0.15) is 4.88 Å². The second-order valence-corrected chi connectivity index (χ2v) is 4.91. The number of rotatable bonds is 3. The van der Waals surface area contributed by atoms with Gasteiger partial charge in [-0.05, 0) is 11.4 Å². The number of carbonyl (C=O) groups excluding carboxylic acids is 1. The number of hydrogen-bond acceptors (Lipinski definition) is 4. The van der Waals surface area contributed by atoms with Crippen LogP contribution in [-0.2, 0) is 16.1 Å². The van der Waals surface area contributed by atoms with Crippen molar-refractivity contribution in [1.29, 1.82) is 0 Å². The van der Waals surface area contributed by atoms with E-state index in [0.29, 0.717) is 13.1 Å². The maximum atomic E-state index is 11.8. The second kappa shape index (κ2) is 5.83. The van der Waals surface area contributed by atoms with Crippen molar-refractivity contribution in [2.45, 2.75) is 12.6 Å². The summed E-state index contributed by atoms with van der Waals surface area (Å²) in [6, 6.07) is 3.60. The minimum absolute atomic E-state index is 0.0889. The highest BCUT2D eigenvalue weighted by atomic mass is 32.1. The highest BCUT2D eigenvalue weighted by Gasteiger charge is 2.28. The minimum atomic E-state index is -1.04. The van der Waals surface area contributed by atoms with Gasteiger partial charge >= 0.3 is 12.0 Å². The zero-order valence-electron chi connectivity index (χ0n) is 9.67. The minimum Gasteiger partial charge on any atom is -0.479 e. The lowest BCUT2D eigenvalue weighted by Crippen LogP contribution is -2.51. The molecule has 1 fully saturated rings. The summed E-state index contributed by atoms with van der Waals surface area (Å²) in [7, 11) is 0. The van der Waals surface area contributed by atoms with Gasteiger partial charge in [-0.2, -0.15) is 0 Å². The molecule has 1 unspecified atom stereocenters. The Morgan fingerprint density at radius 1 is 1.61 bits per heavy atom. The van der Waals surface area contributed by atoms with Gasteiger partial charge in [0, 0.05) is 11.4 Å². The number of amides is 2. The third kappa shape index (κ3) is 3.21. The van der Waals surface area contributed by atoms with Crippen molar-refractivity contribution in [3.8, 4) is 0 Å². The van der Waals surface area contributed by atoms with Crippen molar-refractivity contribution in [2.75, 3.05) is 19.7 Å².